The summed E-state index contributed by atoms with van der Waals surface area (Å²) in [6, 6.07) is 33.8. The number of ether oxygens (including phenoxy) is 2. The SMILES string of the molecule is Cc1ccccc1-c1ccccc1[C@@H]1COc2c(c3ccccc3c3ccccc23)O1. The Hall–Kier alpha value is -3.78. The van der Waals surface area contributed by atoms with Crippen molar-refractivity contribution in [2.75, 3.05) is 6.61 Å². The van der Waals surface area contributed by atoms with E-state index >= 15 is 0 Å². The molecule has 1 heterocycles. The van der Waals surface area contributed by atoms with Crippen molar-refractivity contribution in [2.24, 2.45) is 0 Å². The normalized spacial score (nSPS) is 15.3. The van der Waals surface area contributed by atoms with Crippen LogP contribution >= 0.6 is 0 Å². The van der Waals surface area contributed by atoms with Gasteiger partial charge in [0.2, 0.25) is 0 Å². The maximum Gasteiger partial charge on any atom is 0.170 e. The first kappa shape index (κ1) is 18.0. The second kappa shape index (κ2) is 7.17. The van der Waals surface area contributed by atoms with Crippen LogP contribution in [0.4, 0.5) is 0 Å². The van der Waals surface area contributed by atoms with Crippen molar-refractivity contribution < 1.29 is 9.47 Å². The van der Waals surface area contributed by atoms with Gasteiger partial charge < -0.3 is 9.47 Å². The molecule has 31 heavy (non-hydrogen) atoms. The highest BCUT2D eigenvalue weighted by Gasteiger charge is 2.28. The third-order valence-corrected chi connectivity index (χ3v) is 6.22. The summed E-state index contributed by atoms with van der Waals surface area (Å²) >= 11 is 0. The molecule has 1 atom stereocenters. The molecule has 0 N–H and O–H groups in total. The highest BCUT2D eigenvalue weighted by atomic mass is 16.6. The maximum absolute atomic E-state index is 6.72. The molecular weight excluding hydrogens is 380 g/mol. The van der Waals surface area contributed by atoms with Crippen molar-refractivity contribution in [1.29, 1.82) is 0 Å². The van der Waals surface area contributed by atoms with Crippen molar-refractivity contribution in [1.82, 2.24) is 0 Å². The zero-order chi connectivity index (χ0) is 20.8. The molecule has 0 unspecified atom stereocenters. The molecule has 6 rings (SSSR count). The summed E-state index contributed by atoms with van der Waals surface area (Å²) in [4.78, 5) is 0. The molecule has 2 nitrogen and oxygen atoms in total. The zero-order valence-electron chi connectivity index (χ0n) is 17.3. The average Bonchev–Trinajstić information content (AvgIpc) is 2.84. The first-order chi connectivity index (χ1) is 15.3. The summed E-state index contributed by atoms with van der Waals surface area (Å²) in [5, 5.41) is 4.57. The summed E-state index contributed by atoms with van der Waals surface area (Å²) in [5.41, 5.74) is 4.84. The van der Waals surface area contributed by atoms with Crippen molar-refractivity contribution in [3.63, 3.8) is 0 Å². The Morgan fingerprint density at radius 1 is 0.581 bits per heavy atom. The lowest BCUT2D eigenvalue weighted by atomic mass is 9.93. The fourth-order valence-electron chi connectivity index (χ4n) is 4.72. The van der Waals surface area contributed by atoms with E-state index in [1.54, 1.807) is 0 Å². The van der Waals surface area contributed by atoms with Crippen molar-refractivity contribution >= 4 is 21.5 Å². The van der Waals surface area contributed by atoms with Gasteiger partial charge in [0.05, 0.1) is 0 Å². The molecule has 0 aliphatic carbocycles. The Kier molecular flexibility index (Phi) is 4.17. The van der Waals surface area contributed by atoms with E-state index in [4.69, 9.17) is 9.47 Å². The fraction of sp³-hybridized carbons (Fsp3) is 0.103. The van der Waals surface area contributed by atoms with Gasteiger partial charge in [0.15, 0.2) is 17.6 Å². The standard InChI is InChI=1S/C29H22O2/c1-19-10-2-3-11-20(19)21-12-4-7-15-24(21)27-18-30-28-25-16-8-5-13-22(25)23-14-6-9-17-26(23)29(28)31-27/h2-17,27H,18H2,1H3/t27-/m0/s1. The minimum absolute atomic E-state index is 0.173. The van der Waals surface area contributed by atoms with Gasteiger partial charge in [-0.05, 0) is 34.4 Å². The van der Waals surface area contributed by atoms with Crippen molar-refractivity contribution in [3.05, 3.63) is 108 Å². The van der Waals surface area contributed by atoms with Gasteiger partial charge in [0.1, 0.15) is 6.61 Å². The molecule has 0 radical (unpaired) electrons. The van der Waals surface area contributed by atoms with Crippen LogP contribution in [-0.4, -0.2) is 6.61 Å². The van der Waals surface area contributed by atoms with Crippen LogP contribution < -0.4 is 9.47 Å². The van der Waals surface area contributed by atoms with Crippen LogP contribution in [-0.2, 0) is 0 Å². The van der Waals surface area contributed by atoms with Gasteiger partial charge in [0, 0.05) is 16.3 Å². The Morgan fingerprint density at radius 2 is 1.13 bits per heavy atom. The van der Waals surface area contributed by atoms with Gasteiger partial charge in [-0.2, -0.15) is 0 Å². The van der Waals surface area contributed by atoms with Gasteiger partial charge in [0.25, 0.3) is 0 Å². The van der Waals surface area contributed by atoms with E-state index in [1.165, 1.54) is 27.5 Å². The lowest BCUT2D eigenvalue weighted by molar-refractivity contribution is 0.0954. The number of hydrogen-bond acceptors (Lipinski definition) is 2. The monoisotopic (exact) mass is 402 g/mol. The van der Waals surface area contributed by atoms with Crippen LogP contribution in [0.1, 0.15) is 17.2 Å². The van der Waals surface area contributed by atoms with E-state index in [-0.39, 0.29) is 6.10 Å². The van der Waals surface area contributed by atoms with Crippen LogP contribution in [0.5, 0.6) is 11.5 Å². The summed E-state index contributed by atoms with van der Waals surface area (Å²) < 4.78 is 13.1. The quantitative estimate of drug-likeness (QED) is 0.285. The summed E-state index contributed by atoms with van der Waals surface area (Å²) in [6.45, 7) is 2.64. The second-order valence-electron chi connectivity index (χ2n) is 8.07. The third kappa shape index (κ3) is 2.87. The third-order valence-electron chi connectivity index (χ3n) is 6.22. The number of aryl methyl sites for hydroxylation is 1. The lowest BCUT2D eigenvalue weighted by Crippen LogP contribution is -2.22. The van der Waals surface area contributed by atoms with E-state index in [1.807, 2.05) is 0 Å². The van der Waals surface area contributed by atoms with E-state index in [2.05, 4.69) is 104 Å². The van der Waals surface area contributed by atoms with Gasteiger partial charge in [-0.3, -0.25) is 0 Å². The van der Waals surface area contributed by atoms with Gasteiger partial charge >= 0.3 is 0 Å². The topological polar surface area (TPSA) is 18.5 Å². The molecule has 0 bridgehead atoms. The summed E-state index contributed by atoms with van der Waals surface area (Å²) in [6.07, 6.45) is -0.173. The van der Waals surface area contributed by atoms with Crippen LogP contribution in [0, 0.1) is 6.92 Å². The molecule has 0 aromatic heterocycles. The molecule has 5 aromatic rings. The predicted molar refractivity (Wildman–Crippen MR) is 127 cm³/mol. The molecule has 5 aromatic carbocycles. The van der Waals surface area contributed by atoms with Crippen LogP contribution in [0.2, 0.25) is 0 Å². The minimum Gasteiger partial charge on any atom is -0.485 e. The van der Waals surface area contributed by atoms with Crippen molar-refractivity contribution in [2.45, 2.75) is 13.0 Å². The highest BCUT2D eigenvalue weighted by molar-refractivity contribution is 6.13. The molecule has 0 spiro atoms. The molecule has 150 valence electrons. The van der Waals surface area contributed by atoms with Gasteiger partial charge in [-0.25, -0.2) is 0 Å². The van der Waals surface area contributed by atoms with Crippen molar-refractivity contribution in [3.8, 4) is 22.6 Å². The molecule has 0 saturated heterocycles. The number of benzene rings is 5. The van der Waals surface area contributed by atoms with Gasteiger partial charge in [-0.1, -0.05) is 97.1 Å². The van der Waals surface area contributed by atoms with Crippen LogP contribution in [0.3, 0.4) is 0 Å². The number of rotatable bonds is 2. The van der Waals surface area contributed by atoms with Gasteiger partial charge in [-0.15, -0.1) is 0 Å². The molecule has 0 saturated carbocycles. The zero-order valence-corrected chi connectivity index (χ0v) is 17.3. The molecular formula is C29H22O2. The number of fused-ring (bicyclic) bond motifs is 6. The summed E-state index contributed by atoms with van der Waals surface area (Å²) in [7, 11) is 0. The van der Waals surface area contributed by atoms with E-state index in [0.717, 1.165) is 27.8 Å². The maximum atomic E-state index is 6.72. The second-order valence-corrected chi connectivity index (χ2v) is 8.07. The molecule has 1 aliphatic heterocycles. The Morgan fingerprint density at radius 3 is 1.84 bits per heavy atom. The largest absolute Gasteiger partial charge is 0.485 e. The van der Waals surface area contributed by atoms with E-state index in [0.29, 0.717) is 6.61 Å². The Bertz CT molecular complexity index is 1430. The average molecular weight is 402 g/mol. The molecule has 2 heteroatoms. The Balaban J connectivity index is 1.53. The Labute approximate surface area is 181 Å². The van der Waals surface area contributed by atoms with E-state index < -0.39 is 0 Å². The van der Waals surface area contributed by atoms with Crippen LogP contribution in [0.15, 0.2) is 97.1 Å². The number of hydrogen-bond donors (Lipinski definition) is 0. The van der Waals surface area contributed by atoms with Crippen LogP contribution in [0.25, 0.3) is 32.7 Å². The highest BCUT2D eigenvalue weighted by Crippen LogP contribution is 2.48. The minimum atomic E-state index is -0.173. The first-order valence-corrected chi connectivity index (χ1v) is 10.7. The predicted octanol–water partition coefficient (Wildman–Crippen LogP) is 7.48. The summed E-state index contributed by atoms with van der Waals surface area (Å²) in [5.74, 6) is 1.68. The molecule has 1 aliphatic rings. The van der Waals surface area contributed by atoms with E-state index in [9.17, 15) is 0 Å². The first-order valence-electron chi connectivity index (χ1n) is 10.7. The molecule has 0 fully saturated rings. The molecule has 0 amide bonds. The smallest absolute Gasteiger partial charge is 0.170 e. The lowest BCUT2D eigenvalue weighted by Gasteiger charge is -2.30. The fourth-order valence-corrected chi connectivity index (χ4v) is 4.72.